The number of nitrogens with zero attached hydrogens (tertiary/aromatic N) is 3. The Morgan fingerprint density at radius 1 is 1.00 bits per heavy atom. The molecule has 7 heteroatoms. The number of ether oxygens (including phenoxy) is 1. The molecule has 0 atom stereocenters. The van der Waals surface area contributed by atoms with Gasteiger partial charge in [-0.25, -0.2) is 0 Å². The predicted octanol–water partition coefficient (Wildman–Crippen LogP) is 3.53. The highest BCUT2D eigenvalue weighted by Crippen LogP contribution is 2.22. The summed E-state index contributed by atoms with van der Waals surface area (Å²) in [7, 11) is 0. The van der Waals surface area contributed by atoms with Crippen molar-refractivity contribution in [3.05, 3.63) is 78.2 Å². The molecule has 7 nitrogen and oxygen atoms in total. The van der Waals surface area contributed by atoms with Crippen LogP contribution in [-0.4, -0.2) is 46.6 Å². The monoisotopic (exact) mass is 417 g/mol. The fraction of sp³-hybridized carbons (Fsp3) is 0.250. The van der Waals surface area contributed by atoms with Gasteiger partial charge in [-0.1, -0.05) is 71.9 Å². The molecule has 1 aromatic heterocycles. The quantitative estimate of drug-likeness (QED) is 0.547. The number of amides is 1. The molecule has 0 spiro atoms. The lowest BCUT2D eigenvalue weighted by Crippen LogP contribution is -2.37. The van der Waals surface area contributed by atoms with Crippen LogP contribution in [0.2, 0.25) is 0 Å². The van der Waals surface area contributed by atoms with Crippen LogP contribution in [-0.2, 0) is 20.7 Å². The highest BCUT2D eigenvalue weighted by atomic mass is 16.5. The van der Waals surface area contributed by atoms with Crippen molar-refractivity contribution in [1.82, 2.24) is 15.0 Å². The Morgan fingerprint density at radius 2 is 1.71 bits per heavy atom. The normalized spacial score (nSPS) is 13.5. The van der Waals surface area contributed by atoms with Gasteiger partial charge < -0.3 is 14.2 Å². The molecule has 1 aliphatic rings. The van der Waals surface area contributed by atoms with Crippen LogP contribution in [0.1, 0.15) is 24.3 Å². The van der Waals surface area contributed by atoms with Crippen LogP contribution in [0.15, 0.2) is 71.3 Å². The minimum atomic E-state index is -0.467. The van der Waals surface area contributed by atoms with E-state index >= 15 is 0 Å². The molecule has 31 heavy (non-hydrogen) atoms. The molecule has 0 bridgehead atoms. The maximum absolute atomic E-state index is 12.4. The Labute approximate surface area is 180 Å². The van der Waals surface area contributed by atoms with Gasteiger partial charge in [0.1, 0.15) is 0 Å². The number of aryl methyl sites for hydroxylation is 1. The third kappa shape index (κ3) is 5.45. The van der Waals surface area contributed by atoms with Crippen LogP contribution in [0.4, 0.5) is 0 Å². The molecular formula is C24H23N3O4. The third-order valence-corrected chi connectivity index (χ3v) is 5.11. The van der Waals surface area contributed by atoms with E-state index in [0.717, 1.165) is 12.0 Å². The number of hydrogen-bond acceptors (Lipinski definition) is 6. The van der Waals surface area contributed by atoms with Gasteiger partial charge in [0.15, 0.2) is 6.61 Å². The van der Waals surface area contributed by atoms with E-state index < -0.39 is 5.97 Å². The van der Waals surface area contributed by atoms with Gasteiger partial charge in [0.2, 0.25) is 11.7 Å². The molecule has 0 fully saturated rings. The SMILES string of the molecule is O=C(CCc1nc(-c2ccccc2)no1)OCC(=O)N1CC=C(c2ccccc2)CC1. The molecule has 1 aliphatic heterocycles. The van der Waals surface area contributed by atoms with Crippen molar-refractivity contribution in [3.63, 3.8) is 0 Å². The third-order valence-electron chi connectivity index (χ3n) is 5.11. The number of carbonyl (C=O) groups is 2. The smallest absolute Gasteiger partial charge is 0.306 e. The first-order chi connectivity index (χ1) is 15.2. The molecule has 0 N–H and O–H groups in total. The van der Waals surface area contributed by atoms with Crippen molar-refractivity contribution in [3.8, 4) is 11.4 Å². The minimum absolute atomic E-state index is 0.0712. The van der Waals surface area contributed by atoms with E-state index in [-0.39, 0.29) is 25.4 Å². The Bertz CT molecular complexity index is 1060. The van der Waals surface area contributed by atoms with Gasteiger partial charge in [-0.05, 0) is 17.6 Å². The molecule has 2 heterocycles. The van der Waals surface area contributed by atoms with Gasteiger partial charge in [-0.15, -0.1) is 0 Å². The maximum atomic E-state index is 12.4. The summed E-state index contributed by atoms with van der Waals surface area (Å²) in [5.41, 5.74) is 3.25. The van der Waals surface area contributed by atoms with Gasteiger partial charge in [-0.2, -0.15) is 4.98 Å². The van der Waals surface area contributed by atoms with Crippen molar-refractivity contribution < 1.29 is 18.8 Å². The van der Waals surface area contributed by atoms with Gasteiger partial charge in [0, 0.05) is 25.1 Å². The number of esters is 1. The van der Waals surface area contributed by atoms with E-state index in [1.54, 1.807) is 4.90 Å². The summed E-state index contributed by atoms with van der Waals surface area (Å²) in [5, 5.41) is 3.92. The van der Waals surface area contributed by atoms with Crippen molar-refractivity contribution in [2.45, 2.75) is 19.3 Å². The number of benzene rings is 2. The van der Waals surface area contributed by atoms with Crippen molar-refractivity contribution in [2.75, 3.05) is 19.7 Å². The number of rotatable bonds is 7. The summed E-state index contributed by atoms with van der Waals surface area (Å²) in [6.45, 7) is 0.874. The second-order valence-electron chi connectivity index (χ2n) is 7.22. The van der Waals surface area contributed by atoms with Gasteiger partial charge >= 0.3 is 5.97 Å². The lowest BCUT2D eigenvalue weighted by Gasteiger charge is -2.26. The summed E-state index contributed by atoms with van der Waals surface area (Å²) in [5.74, 6) is 0.176. The van der Waals surface area contributed by atoms with E-state index in [2.05, 4.69) is 28.3 Å². The van der Waals surface area contributed by atoms with Crippen LogP contribution < -0.4 is 0 Å². The zero-order chi connectivity index (χ0) is 21.5. The fourth-order valence-electron chi connectivity index (χ4n) is 3.39. The summed E-state index contributed by atoms with van der Waals surface area (Å²) < 4.78 is 10.3. The molecule has 0 saturated heterocycles. The standard InChI is InChI=1S/C24H23N3O4/c28-22(27-15-13-19(14-16-27)18-7-3-1-4-8-18)17-30-23(29)12-11-21-25-24(26-31-21)20-9-5-2-6-10-20/h1-10,13H,11-12,14-17H2. The lowest BCUT2D eigenvalue weighted by atomic mass is 10.00. The fourth-order valence-corrected chi connectivity index (χ4v) is 3.39. The lowest BCUT2D eigenvalue weighted by molar-refractivity contribution is -0.151. The summed E-state index contributed by atoms with van der Waals surface area (Å²) >= 11 is 0. The molecular weight excluding hydrogens is 394 g/mol. The topological polar surface area (TPSA) is 85.5 Å². The highest BCUT2D eigenvalue weighted by molar-refractivity contribution is 5.82. The second kappa shape index (κ2) is 9.84. The average Bonchev–Trinajstić information content (AvgIpc) is 3.31. The molecule has 158 valence electrons. The van der Waals surface area contributed by atoms with Crippen LogP contribution in [0.3, 0.4) is 0 Å². The van der Waals surface area contributed by atoms with E-state index in [9.17, 15) is 9.59 Å². The minimum Gasteiger partial charge on any atom is -0.456 e. The summed E-state index contributed by atoms with van der Waals surface area (Å²) in [4.78, 5) is 30.4. The summed E-state index contributed by atoms with van der Waals surface area (Å²) in [6, 6.07) is 19.6. The zero-order valence-corrected chi connectivity index (χ0v) is 17.1. The van der Waals surface area contributed by atoms with Crippen molar-refractivity contribution >= 4 is 17.4 Å². The molecule has 3 aromatic rings. The van der Waals surface area contributed by atoms with Crippen LogP contribution in [0.25, 0.3) is 17.0 Å². The molecule has 0 unspecified atom stereocenters. The van der Waals surface area contributed by atoms with E-state index in [0.29, 0.717) is 24.8 Å². The van der Waals surface area contributed by atoms with Gasteiger partial charge in [0.25, 0.3) is 5.91 Å². The molecule has 2 aromatic carbocycles. The molecule has 0 aliphatic carbocycles. The molecule has 0 saturated carbocycles. The Kier molecular flexibility index (Phi) is 6.52. The van der Waals surface area contributed by atoms with Crippen LogP contribution in [0, 0.1) is 0 Å². The number of carbonyl (C=O) groups excluding carboxylic acids is 2. The van der Waals surface area contributed by atoms with E-state index in [1.165, 1.54) is 11.1 Å². The zero-order valence-electron chi connectivity index (χ0n) is 17.1. The first kappa shape index (κ1) is 20.5. The Morgan fingerprint density at radius 3 is 2.39 bits per heavy atom. The van der Waals surface area contributed by atoms with Gasteiger partial charge in [0.05, 0.1) is 6.42 Å². The maximum Gasteiger partial charge on any atom is 0.306 e. The van der Waals surface area contributed by atoms with Crippen molar-refractivity contribution in [2.24, 2.45) is 0 Å². The van der Waals surface area contributed by atoms with Crippen LogP contribution in [0.5, 0.6) is 0 Å². The predicted molar refractivity (Wildman–Crippen MR) is 115 cm³/mol. The number of aromatic nitrogens is 2. The average molecular weight is 417 g/mol. The molecule has 0 radical (unpaired) electrons. The Hall–Kier alpha value is -3.74. The van der Waals surface area contributed by atoms with Crippen LogP contribution >= 0.6 is 0 Å². The Balaban J connectivity index is 1.20. The second-order valence-corrected chi connectivity index (χ2v) is 7.22. The first-order valence-corrected chi connectivity index (χ1v) is 10.2. The van der Waals surface area contributed by atoms with Crippen molar-refractivity contribution in [1.29, 1.82) is 0 Å². The molecule has 4 rings (SSSR count). The van der Waals surface area contributed by atoms with E-state index in [4.69, 9.17) is 9.26 Å². The first-order valence-electron chi connectivity index (χ1n) is 10.2. The highest BCUT2D eigenvalue weighted by Gasteiger charge is 2.19. The molecule has 1 amide bonds. The summed E-state index contributed by atoms with van der Waals surface area (Å²) in [6.07, 6.45) is 3.17. The number of hydrogen-bond donors (Lipinski definition) is 0. The largest absolute Gasteiger partial charge is 0.456 e. The van der Waals surface area contributed by atoms with Gasteiger partial charge in [-0.3, -0.25) is 9.59 Å². The van der Waals surface area contributed by atoms with E-state index in [1.807, 2.05) is 48.5 Å².